The second kappa shape index (κ2) is 5.21. The molecule has 1 heterocycles. The lowest BCUT2D eigenvalue weighted by Gasteiger charge is -2.32. The lowest BCUT2D eigenvalue weighted by Crippen LogP contribution is -2.45. The third-order valence-electron chi connectivity index (χ3n) is 2.26. The van der Waals surface area contributed by atoms with Crippen molar-refractivity contribution in [3.05, 3.63) is 0 Å². The fraction of sp³-hybridized carbons (Fsp3) is 1.00. The van der Waals surface area contributed by atoms with Gasteiger partial charge in [-0.15, -0.1) is 0 Å². The first kappa shape index (κ1) is 12.1. The van der Waals surface area contributed by atoms with E-state index in [2.05, 4.69) is 21.4 Å². The zero-order chi connectivity index (χ0) is 10.6. The average molecular weight is 224 g/mol. The smallest absolute Gasteiger partial charge is 0.304 e. The van der Waals surface area contributed by atoms with Crippen molar-refractivity contribution in [2.24, 2.45) is 0 Å². The minimum Gasteiger partial charge on any atom is -0.304 e. The van der Waals surface area contributed by atoms with Gasteiger partial charge < -0.3 is 14.7 Å². The van der Waals surface area contributed by atoms with Crippen LogP contribution in [-0.2, 0) is 9.09 Å². The summed E-state index contributed by atoms with van der Waals surface area (Å²) in [5.74, 6) is 0. The molecule has 1 fully saturated rings. The van der Waals surface area contributed by atoms with Gasteiger partial charge in [0, 0.05) is 32.7 Å². The molecular weight excluding hydrogens is 207 g/mol. The van der Waals surface area contributed by atoms with Gasteiger partial charge in [0.2, 0.25) is 0 Å². The van der Waals surface area contributed by atoms with E-state index in [-0.39, 0.29) is 6.61 Å². The fourth-order valence-electron chi connectivity index (χ4n) is 1.36. The summed E-state index contributed by atoms with van der Waals surface area (Å²) in [5.41, 5.74) is 0. The first-order chi connectivity index (χ1) is 6.47. The van der Waals surface area contributed by atoms with Crippen LogP contribution in [0.5, 0.6) is 0 Å². The predicted octanol–water partition coefficient (Wildman–Crippen LogP) is -0.657. The lowest BCUT2D eigenvalue weighted by molar-refractivity contribution is 0.119. The molecule has 14 heavy (non-hydrogen) atoms. The van der Waals surface area contributed by atoms with Crippen molar-refractivity contribution in [2.45, 2.75) is 0 Å². The Hall–Kier alpha value is 0.0300. The van der Waals surface area contributed by atoms with Crippen LogP contribution in [-0.4, -0.2) is 66.0 Å². The number of phosphoric acid groups is 1. The summed E-state index contributed by atoms with van der Waals surface area (Å²) in [6.07, 6.45) is 0. The molecule has 1 rings (SSSR count). The molecule has 1 saturated heterocycles. The van der Waals surface area contributed by atoms with Gasteiger partial charge in [0.15, 0.2) is 0 Å². The molecule has 0 amide bonds. The zero-order valence-electron chi connectivity index (χ0n) is 8.30. The Bertz CT molecular complexity index is 212. The molecule has 0 unspecified atom stereocenters. The van der Waals surface area contributed by atoms with Crippen LogP contribution in [0.2, 0.25) is 0 Å². The Balaban J connectivity index is 2.11. The summed E-state index contributed by atoms with van der Waals surface area (Å²) in [4.78, 5) is 21.3. The summed E-state index contributed by atoms with van der Waals surface area (Å²) in [5, 5.41) is 0. The van der Waals surface area contributed by atoms with Gasteiger partial charge in [0.1, 0.15) is 0 Å². The summed E-state index contributed by atoms with van der Waals surface area (Å²) < 4.78 is 14.7. The molecule has 0 aromatic heterocycles. The molecule has 0 atom stereocenters. The van der Waals surface area contributed by atoms with E-state index in [0.717, 1.165) is 26.2 Å². The zero-order valence-corrected chi connectivity index (χ0v) is 9.19. The molecule has 0 aliphatic carbocycles. The highest BCUT2D eigenvalue weighted by molar-refractivity contribution is 7.46. The first-order valence-corrected chi connectivity index (χ1v) is 6.11. The van der Waals surface area contributed by atoms with Crippen LogP contribution < -0.4 is 0 Å². The van der Waals surface area contributed by atoms with Crippen LogP contribution >= 0.6 is 7.82 Å². The van der Waals surface area contributed by atoms with E-state index in [1.54, 1.807) is 0 Å². The topological polar surface area (TPSA) is 73.2 Å². The second-order valence-electron chi connectivity index (χ2n) is 3.47. The van der Waals surface area contributed by atoms with Gasteiger partial charge >= 0.3 is 7.82 Å². The average Bonchev–Trinajstić information content (AvgIpc) is 2.06. The molecule has 1 aliphatic rings. The third kappa shape index (κ3) is 5.05. The van der Waals surface area contributed by atoms with Gasteiger partial charge in [-0.05, 0) is 7.05 Å². The predicted molar refractivity (Wildman–Crippen MR) is 51.9 cm³/mol. The van der Waals surface area contributed by atoms with Crippen molar-refractivity contribution >= 4 is 7.82 Å². The van der Waals surface area contributed by atoms with Gasteiger partial charge in [-0.25, -0.2) is 4.57 Å². The Morgan fingerprint density at radius 2 is 1.86 bits per heavy atom. The van der Waals surface area contributed by atoms with Crippen LogP contribution in [0.4, 0.5) is 0 Å². The molecule has 0 radical (unpaired) electrons. The summed E-state index contributed by atoms with van der Waals surface area (Å²) >= 11 is 0. The molecule has 0 aromatic carbocycles. The van der Waals surface area contributed by atoms with Crippen LogP contribution in [0.1, 0.15) is 0 Å². The molecule has 2 N–H and O–H groups in total. The van der Waals surface area contributed by atoms with Gasteiger partial charge in [0.25, 0.3) is 0 Å². The minimum atomic E-state index is -4.28. The Labute approximate surface area is 83.7 Å². The van der Waals surface area contributed by atoms with Gasteiger partial charge in [-0.3, -0.25) is 9.42 Å². The number of piperazine rings is 1. The van der Waals surface area contributed by atoms with Crippen LogP contribution in [0.25, 0.3) is 0 Å². The maximum absolute atomic E-state index is 10.4. The standard InChI is InChI=1S/C7H17N2O4P/c1-8-2-4-9(5-3-8)6-7-13-14(10,11)12/h2-7H2,1H3,(H2,10,11,12). The molecule has 0 bridgehead atoms. The van der Waals surface area contributed by atoms with Gasteiger partial charge in [-0.2, -0.15) is 0 Å². The number of phosphoric ester groups is 1. The maximum atomic E-state index is 10.4. The summed E-state index contributed by atoms with van der Waals surface area (Å²) in [6.45, 7) is 4.53. The number of rotatable bonds is 4. The van der Waals surface area contributed by atoms with Crippen molar-refractivity contribution in [1.82, 2.24) is 9.80 Å². The molecule has 0 spiro atoms. The Morgan fingerprint density at radius 1 is 1.29 bits per heavy atom. The second-order valence-corrected chi connectivity index (χ2v) is 4.71. The first-order valence-electron chi connectivity index (χ1n) is 4.58. The molecule has 0 saturated carbocycles. The van der Waals surface area contributed by atoms with Gasteiger partial charge in [-0.1, -0.05) is 0 Å². The number of hydrogen-bond donors (Lipinski definition) is 2. The maximum Gasteiger partial charge on any atom is 0.469 e. The van der Waals surface area contributed by atoms with Crippen LogP contribution in [0, 0.1) is 0 Å². The fourth-order valence-corrected chi connectivity index (χ4v) is 1.68. The van der Waals surface area contributed by atoms with E-state index in [1.807, 2.05) is 0 Å². The van der Waals surface area contributed by atoms with E-state index in [0.29, 0.717) is 6.54 Å². The van der Waals surface area contributed by atoms with Crippen LogP contribution in [0.15, 0.2) is 0 Å². The van der Waals surface area contributed by atoms with Crippen molar-refractivity contribution in [2.75, 3.05) is 46.4 Å². The molecule has 7 heteroatoms. The Morgan fingerprint density at radius 3 is 2.36 bits per heavy atom. The molecule has 1 aliphatic heterocycles. The van der Waals surface area contributed by atoms with Crippen molar-refractivity contribution in [3.8, 4) is 0 Å². The largest absolute Gasteiger partial charge is 0.469 e. The summed E-state index contributed by atoms with van der Waals surface area (Å²) in [6, 6.07) is 0. The van der Waals surface area contributed by atoms with Crippen molar-refractivity contribution in [1.29, 1.82) is 0 Å². The van der Waals surface area contributed by atoms with E-state index >= 15 is 0 Å². The third-order valence-corrected chi connectivity index (χ3v) is 2.78. The van der Waals surface area contributed by atoms with E-state index in [4.69, 9.17) is 9.79 Å². The van der Waals surface area contributed by atoms with Crippen molar-refractivity contribution in [3.63, 3.8) is 0 Å². The number of likely N-dealkylation sites (N-methyl/N-ethyl adjacent to an activating group) is 1. The minimum absolute atomic E-state index is 0.0913. The highest BCUT2D eigenvalue weighted by Gasteiger charge is 2.16. The lowest BCUT2D eigenvalue weighted by atomic mass is 10.3. The SMILES string of the molecule is CN1CCN(CCOP(=O)(O)O)CC1. The molecule has 84 valence electrons. The molecule has 0 aromatic rings. The highest BCUT2D eigenvalue weighted by Crippen LogP contribution is 2.35. The monoisotopic (exact) mass is 224 g/mol. The number of hydrogen-bond acceptors (Lipinski definition) is 4. The Kier molecular flexibility index (Phi) is 4.50. The highest BCUT2D eigenvalue weighted by atomic mass is 31.2. The summed E-state index contributed by atoms with van der Waals surface area (Å²) in [7, 11) is -2.22. The number of nitrogens with zero attached hydrogens (tertiary/aromatic N) is 2. The van der Waals surface area contributed by atoms with E-state index < -0.39 is 7.82 Å². The quantitative estimate of drug-likeness (QED) is 0.618. The van der Waals surface area contributed by atoms with Gasteiger partial charge in [0.05, 0.1) is 6.61 Å². The van der Waals surface area contributed by atoms with Crippen LogP contribution in [0.3, 0.4) is 0 Å². The normalized spacial score (nSPS) is 21.4. The molecular formula is C7H17N2O4P. The van der Waals surface area contributed by atoms with E-state index in [1.165, 1.54) is 0 Å². The van der Waals surface area contributed by atoms with Crippen molar-refractivity contribution < 1.29 is 18.9 Å². The molecule has 6 nitrogen and oxygen atoms in total. The van der Waals surface area contributed by atoms with E-state index in [9.17, 15) is 4.57 Å².